The van der Waals surface area contributed by atoms with E-state index in [9.17, 15) is 10.5 Å². The summed E-state index contributed by atoms with van der Waals surface area (Å²) in [6, 6.07) is 23.6. The van der Waals surface area contributed by atoms with E-state index in [2.05, 4.69) is 0 Å². The highest BCUT2D eigenvalue weighted by Crippen LogP contribution is 2.50. The van der Waals surface area contributed by atoms with Gasteiger partial charge in [0, 0.05) is 0 Å². The van der Waals surface area contributed by atoms with Gasteiger partial charge < -0.3 is 14.2 Å². The summed E-state index contributed by atoms with van der Waals surface area (Å²) in [7, 11) is 0. The molecule has 0 amide bonds. The van der Waals surface area contributed by atoms with Gasteiger partial charge >= 0.3 is 0 Å². The first-order valence-electron chi connectivity index (χ1n) is 11.3. The van der Waals surface area contributed by atoms with Crippen LogP contribution < -0.4 is 14.2 Å². The van der Waals surface area contributed by atoms with E-state index in [-0.39, 0.29) is 22.8 Å². The lowest BCUT2D eigenvalue weighted by Gasteiger charge is -2.21. The van der Waals surface area contributed by atoms with Crippen molar-refractivity contribution in [2.45, 2.75) is 27.7 Å². The topological polar surface area (TPSA) is 75.3 Å². The van der Waals surface area contributed by atoms with Crippen LogP contribution in [0.2, 0.25) is 0 Å². The maximum absolute atomic E-state index is 15.8. The maximum Gasteiger partial charge on any atom is 0.216 e. The Bertz CT molecular complexity index is 1530. The van der Waals surface area contributed by atoms with E-state index in [4.69, 9.17) is 14.2 Å². The number of nitriles is 2. The second-order valence-corrected chi connectivity index (χ2v) is 8.33. The van der Waals surface area contributed by atoms with Crippen LogP contribution in [-0.4, -0.2) is 0 Å². The van der Waals surface area contributed by atoms with Crippen LogP contribution >= 0.6 is 0 Å². The van der Waals surface area contributed by atoms with Crippen molar-refractivity contribution in [1.29, 1.82) is 10.5 Å². The van der Waals surface area contributed by atoms with Gasteiger partial charge in [-0.1, -0.05) is 54.6 Å². The molecule has 0 aromatic heterocycles. The largest absolute Gasteiger partial charge is 0.451 e. The summed E-state index contributed by atoms with van der Waals surface area (Å²) in [6.45, 7) is 7.37. The van der Waals surface area contributed by atoms with Gasteiger partial charge in [0.25, 0.3) is 0 Å². The Balaban J connectivity index is 2.05. The van der Waals surface area contributed by atoms with Crippen LogP contribution in [0.1, 0.15) is 33.4 Å². The first kappa shape index (κ1) is 24.3. The summed E-state index contributed by atoms with van der Waals surface area (Å²) >= 11 is 0. The molecule has 0 saturated carbocycles. The fourth-order valence-electron chi connectivity index (χ4n) is 3.77. The Morgan fingerprint density at radius 1 is 0.528 bits per heavy atom. The standard InChI is InChI=1S/C30H23FN2O3/c1-18-10-5-7-14-24(18)34-29-26(31)22(16-32)23(17-33)28(36-27-20(3)12-9-13-21(27)4)30(29)35-25-15-8-6-11-19(25)2/h5-15H,1-4H3. The third-order valence-electron chi connectivity index (χ3n) is 5.76. The number of rotatable bonds is 6. The molecule has 0 aliphatic carbocycles. The summed E-state index contributed by atoms with van der Waals surface area (Å²) in [5, 5.41) is 19.8. The second-order valence-electron chi connectivity index (χ2n) is 8.33. The van der Waals surface area contributed by atoms with Crippen molar-refractivity contribution in [3.8, 4) is 46.6 Å². The number of hydrogen-bond donors (Lipinski definition) is 0. The zero-order valence-corrected chi connectivity index (χ0v) is 20.3. The molecule has 0 aliphatic rings. The molecule has 4 aromatic rings. The van der Waals surface area contributed by atoms with Crippen molar-refractivity contribution in [3.05, 3.63) is 106 Å². The number of nitrogens with zero attached hydrogens (tertiary/aromatic N) is 2. The molecule has 0 heterocycles. The molecule has 36 heavy (non-hydrogen) atoms. The van der Waals surface area contributed by atoms with Crippen LogP contribution in [0.3, 0.4) is 0 Å². The summed E-state index contributed by atoms with van der Waals surface area (Å²) < 4.78 is 34.3. The highest BCUT2D eigenvalue weighted by Gasteiger charge is 2.31. The summed E-state index contributed by atoms with van der Waals surface area (Å²) in [5.41, 5.74) is 2.35. The van der Waals surface area contributed by atoms with Gasteiger partial charge in [-0.2, -0.15) is 10.5 Å². The molecule has 178 valence electrons. The molecular formula is C30H23FN2O3. The van der Waals surface area contributed by atoms with Gasteiger partial charge in [-0.05, 0) is 62.1 Å². The van der Waals surface area contributed by atoms with Crippen molar-refractivity contribution >= 4 is 0 Å². The fraction of sp³-hybridized carbons (Fsp3) is 0.133. The lowest BCUT2D eigenvalue weighted by Crippen LogP contribution is -2.05. The highest BCUT2D eigenvalue weighted by atomic mass is 19.1. The third-order valence-corrected chi connectivity index (χ3v) is 5.76. The summed E-state index contributed by atoms with van der Waals surface area (Å²) in [5.74, 6) is -0.313. The zero-order chi connectivity index (χ0) is 25.8. The molecule has 0 saturated heterocycles. The van der Waals surface area contributed by atoms with Crippen LogP contribution in [0, 0.1) is 56.2 Å². The van der Waals surface area contributed by atoms with Crippen LogP contribution in [-0.2, 0) is 0 Å². The quantitative estimate of drug-likeness (QED) is 0.279. The average molecular weight is 479 g/mol. The van der Waals surface area contributed by atoms with Crippen LogP contribution in [0.4, 0.5) is 4.39 Å². The Labute approximate surface area is 209 Å². The Morgan fingerprint density at radius 3 is 1.50 bits per heavy atom. The van der Waals surface area contributed by atoms with E-state index >= 15 is 4.39 Å². The smallest absolute Gasteiger partial charge is 0.216 e. The summed E-state index contributed by atoms with van der Waals surface area (Å²) in [6.07, 6.45) is 0. The van der Waals surface area contributed by atoms with Gasteiger partial charge in [-0.25, -0.2) is 4.39 Å². The Morgan fingerprint density at radius 2 is 1.00 bits per heavy atom. The van der Waals surface area contributed by atoms with E-state index in [0.29, 0.717) is 17.2 Å². The van der Waals surface area contributed by atoms with E-state index in [1.165, 1.54) is 0 Å². The van der Waals surface area contributed by atoms with Gasteiger partial charge in [-0.15, -0.1) is 0 Å². The Hall–Kier alpha value is -4.81. The minimum atomic E-state index is -1.00. The number of aryl methyl sites for hydroxylation is 4. The minimum Gasteiger partial charge on any atom is -0.451 e. The van der Waals surface area contributed by atoms with Gasteiger partial charge in [-0.3, -0.25) is 0 Å². The molecule has 6 heteroatoms. The molecule has 0 bridgehead atoms. The number of ether oxygens (including phenoxy) is 3. The second kappa shape index (κ2) is 10.2. The number of halogens is 1. The third kappa shape index (κ3) is 4.58. The van der Waals surface area contributed by atoms with Crippen molar-refractivity contribution < 1.29 is 18.6 Å². The molecule has 4 aromatic carbocycles. The predicted octanol–water partition coefficient (Wildman–Crippen LogP) is 8.18. The minimum absolute atomic E-state index is 0.0975. The monoisotopic (exact) mass is 478 g/mol. The Kier molecular flexibility index (Phi) is 6.90. The average Bonchev–Trinajstić information content (AvgIpc) is 2.86. The predicted molar refractivity (Wildman–Crippen MR) is 134 cm³/mol. The van der Waals surface area contributed by atoms with Crippen molar-refractivity contribution in [2.24, 2.45) is 0 Å². The highest BCUT2D eigenvalue weighted by molar-refractivity contribution is 5.69. The first-order valence-corrected chi connectivity index (χ1v) is 11.3. The number of benzene rings is 4. The van der Waals surface area contributed by atoms with Gasteiger partial charge in [0.05, 0.1) is 0 Å². The van der Waals surface area contributed by atoms with Crippen molar-refractivity contribution in [2.75, 3.05) is 0 Å². The molecule has 0 fully saturated rings. The molecule has 0 unspecified atom stereocenters. The van der Waals surface area contributed by atoms with E-state index in [0.717, 1.165) is 22.3 Å². The summed E-state index contributed by atoms with van der Waals surface area (Å²) in [4.78, 5) is 0. The maximum atomic E-state index is 15.8. The molecule has 0 radical (unpaired) electrons. The molecular weight excluding hydrogens is 455 g/mol. The molecule has 0 atom stereocenters. The fourth-order valence-corrected chi connectivity index (χ4v) is 3.77. The normalized spacial score (nSPS) is 10.3. The number of hydrogen-bond acceptors (Lipinski definition) is 5. The van der Waals surface area contributed by atoms with Gasteiger partial charge in [0.1, 0.15) is 40.5 Å². The first-order chi connectivity index (χ1) is 17.3. The van der Waals surface area contributed by atoms with Crippen molar-refractivity contribution in [3.63, 3.8) is 0 Å². The molecule has 4 rings (SSSR count). The van der Waals surface area contributed by atoms with Crippen LogP contribution in [0.5, 0.6) is 34.5 Å². The van der Waals surface area contributed by atoms with Crippen LogP contribution in [0.15, 0.2) is 66.7 Å². The van der Waals surface area contributed by atoms with Gasteiger partial charge in [0.2, 0.25) is 11.5 Å². The molecule has 0 aliphatic heterocycles. The van der Waals surface area contributed by atoms with E-state index in [1.807, 2.05) is 76.2 Å². The molecule has 5 nitrogen and oxygen atoms in total. The van der Waals surface area contributed by atoms with Crippen molar-refractivity contribution in [1.82, 2.24) is 0 Å². The SMILES string of the molecule is Cc1ccccc1Oc1c(F)c(C#N)c(C#N)c(Oc2c(C)cccc2C)c1Oc1ccccc1C. The van der Waals surface area contributed by atoms with Crippen LogP contribution in [0.25, 0.3) is 0 Å². The lowest BCUT2D eigenvalue weighted by atomic mass is 10.0. The van der Waals surface area contributed by atoms with E-state index < -0.39 is 11.4 Å². The van der Waals surface area contributed by atoms with E-state index in [1.54, 1.807) is 30.3 Å². The molecule has 0 spiro atoms. The molecule has 0 N–H and O–H groups in total. The van der Waals surface area contributed by atoms with Gasteiger partial charge in [0.15, 0.2) is 11.6 Å². The zero-order valence-electron chi connectivity index (χ0n) is 20.3. The lowest BCUT2D eigenvalue weighted by molar-refractivity contribution is 0.365. The number of para-hydroxylation sites is 3.